The van der Waals surface area contributed by atoms with E-state index in [0.29, 0.717) is 21.3 Å². The Hall–Kier alpha value is -2.84. The van der Waals surface area contributed by atoms with Crippen LogP contribution in [0.1, 0.15) is 20.2 Å². The largest absolute Gasteiger partial charge is 0.495 e. The zero-order valence-electron chi connectivity index (χ0n) is 12.9. The van der Waals surface area contributed by atoms with Crippen molar-refractivity contribution in [2.24, 2.45) is 0 Å². The van der Waals surface area contributed by atoms with Gasteiger partial charge in [0, 0.05) is 5.02 Å². The van der Waals surface area contributed by atoms with Crippen molar-refractivity contribution in [2.45, 2.75) is 0 Å². The number of carbonyl (C=O) groups is 2. The molecule has 3 rings (SSSR count). The number of hydrogen-bond acceptors (Lipinski definition) is 6. The van der Waals surface area contributed by atoms with Crippen molar-refractivity contribution in [2.75, 3.05) is 17.7 Å². The van der Waals surface area contributed by atoms with E-state index < -0.39 is 5.91 Å². The average Bonchev–Trinajstić information content (AvgIpc) is 3.27. The fourth-order valence-electron chi connectivity index (χ4n) is 1.97. The number of nitrogens with zero attached hydrogens (tertiary/aromatic N) is 1. The topological polar surface area (TPSA) is 93.5 Å². The molecule has 2 heterocycles. The first-order valence-corrected chi connectivity index (χ1v) is 8.28. The smallest absolute Gasteiger partial charge is 0.302 e. The van der Waals surface area contributed by atoms with Gasteiger partial charge in [0.2, 0.25) is 0 Å². The zero-order valence-corrected chi connectivity index (χ0v) is 14.5. The minimum atomic E-state index is -0.527. The highest BCUT2D eigenvalue weighted by Crippen LogP contribution is 2.28. The van der Waals surface area contributed by atoms with Crippen molar-refractivity contribution in [3.63, 3.8) is 0 Å². The van der Waals surface area contributed by atoms with E-state index in [-0.39, 0.29) is 17.6 Å². The number of halogens is 1. The Morgan fingerprint density at radius 3 is 2.80 bits per heavy atom. The lowest BCUT2D eigenvalue weighted by molar-refractivity contribution is 0.101. The quantitative estimate of drug-likeness (QED) is 0.703. The van der Waals surface area contributed by atoms with Crippen molar-refractivity contribution in [1.29, 1.82) is 0 Å². The summed E-state index contributed by atoms with van der Waals surface area (Å²) in [6, 6.07) is 8.19. The lowest BCUT2D eigenvalue weighted by atomic mass is 10.3. The standard InChI is InChI=1S/C16H12ClN3O4S/c1-23-12-5-4-9(17)7-10(12)18-14(21)11-8-24-16(19-11)20-15(22)13-3-2-6-25-13/h2-8H,1H3,(H,18,21)(H,19,20,22). The molecule has 2 N–H and O–H groups in total. The van der Waals surface area contributed by atoms with Crippen molar-refractivity contribution in [3.8, 4) is 5.75 Å². The maximum Gasteiger partial charge on any atom is 0.302 e. The summed E-state index contributed by atoms with van der Waals surface area (Å²) in [6.07, 6.45) is 1.15. The van der Waals surface area contributed by atoms with Gasteiger partial charge in [-0.25, -0.2) is 0 Å². The van der Waals surface area contributed by atoms with Crippen LogP contribution in [0.2, 0.25) is 5.02 Å². The number of methoxy groups -OCH3 is 1. The van der Waals surface area contributed by atoms with Crippen LogP contribution in [0.4, 0.5) is 11.7 Å². The van der Waals surface area contributed by atoms with Gasteiger partial charge >= 0.3 is 6.01 Å². The van der Waals surface area contributed by atoms with Gasteiger partial charge in [-0.2, -0.15) is 4.98 Å². The molecule has 0 unspecified atom stereocenters. The molecular formula is C16H12ClN3O4S. The lowest BCUT2D eigenvalue weighted by Gasteiger charge is -2.09. The molecule has 0 saturated heterocycles. The number of thiophene rings is 1. The second-order valence-electron chi connectivity index (χ2n) is 4.77. The minimum Gasteiger partial charge on any atom is -0.495 e. The molecule has 0 aliphatic carbocycles. The molecule has 7 nitrogen and oxygen atoms in total. The highest BCUT2D eigenvalue weighted by molar-refractivity contribution is 7.12. The maximum atomic E-state index is 12.3. The Bertz CT molecular complexity index is 908. The third kappa shape index (κ3) is 3.98. The van der Waals surface area contributed by atoms with Crippen LogP contribution in [0.3, 0.4) is 0 Å². The van der Waals surface area contributed by atoms with Crippen molar-refractivity contribution in [1.82, 2.24) is 4.98 Å². The molecule has 128 valence electrons. The first-order valence-electron chi connectivity index (χ1n) is 7.02. The van der Waals surface area contributed by atoms with E-state index >= 15 is 0 Å². The molecule has 0 aliphatic rings. The minimum absolute atomic E-state index is 0.00325. The fourth-order valence-corrected chi connectivity index (χ4v) is 2.76. The highest BCUT2D eigenvalue weighted by atomic mass is 35.5. The monoisotopic (exact) mass is 377 g/mol. The van der Waals surface area contributed by atoms with Crippen LogP contribution < -0.4 is 15.4 Å². The van der Waals surface area contributed by atoms with Crippen LogP contribution in [0.15, 0.2) is 46.4 Å². The average molecular weight is 378 g/mol. The summed E-state index contributed by atoms with van der Waals surface area (Å²) >= 11 is 7.21. The first kappa shape index (κ1) is 17.0. The predicted molar refractivity (Wildman–Crippen MR) is 94.7 cm³/mol. The van der Waals surface area contributed by atoms with Crippen LogP contribution in [-0.4, -0.2) is 23.9 Å². The Balaban J connectivity index is 1.71. The van der Waals surface area contributed by atoms with Gasteiger partial charge in [-0.15, -0.1) is 11.3 Å². The molecule has 0 aliphatic heterocycles. The van der Waals surface area contributed by atoms with E-state index in [9.17, 15) is 9.59 Å². The van der Waals surface area contributed by atoms with Crippen LogP contribution in [0.5, 0.6) is 5.75 Å². The van der Waals surface area contributed by atoms with Crippen molar-refractivity contribution < 1.29 is 18.7 Å². The summed E-state index contributed by atoms with van der Waals surface area (Å²) in [5.74, 6) is -0.436. The fraction of sp³-hybridized carbons (Fsp3) is 0.0625. The van der Waals surface area contributed by atoms with Gasteiger partial charge in [0.25, 0.3) is 11.8 Å². The third-order valence-corrected chi connectivity index (χ3v) is 4.22. The van der Waals surface area contributed by atoms with Gasteiger partial charge in [-0.1, -0.05) is 17.7 Å². The molecule has 25 heavy (non-hydrogen) atoms. The van der Waals surface area contributed by atoms with E-state index in [1.807, 2.05) is 0 Å². The molecule has 1 aromatic carbocycles. The third-order valence-electron chi connectivity index (χ3n) is 3.11. The van der Waals surface area contributed by atoms with E-state index in [1.165, 1.54) is 18.4 Å². The Morgan fingerprint density at radius 1 is 1.24 bits per heavy atom. The van der Waals surface area contributed by atoms with Crippen molar-refractivity contribution in [3.05, 3.63) is 57.6 Å². The molecule has 0 spiro atoms. The number of nitrogens with one attached hydrogen (secondary N) is 2. The van der Waals surface area contributed by atoms with Gasteiger partial charge in [-0.3, -0.25) is 14.9 Å². The molecule has 2 amide bonds. The van der Waals surface area contributed by atoms with Crippen LogP contribution in [0, 0.1) is 0 Å². The number of anilines is 2. The first-order chi connectivity index (χ1) is 12.1. The molecule has 3 aromatic rings. The summed E-state index contributed by atoms with van der Waals surface area (Å²) < 4.78 is 10.3. The summed E-state index contributed by atoms with van der Waals surface area (Å²) in [6.45, 7) is 0. The maximum absolute atomic E-state index is 12.3. The molecule has 0 saturated carbocycles. The summed E-state index contributed by atoms with van der Waals surface area (Å²) in [5, 5.41) is 7.34. The van der Waals surface area contributed by atoms with Crippen LogP contribution >= 0.6 is 22.9 Å². The predicted octanol–water partition coefficient (Wildman–Crippen LogP) is 3.90. The normalized spacial score (nSPS) is 10.3. The number of hydrogen-bond donors (Lipinski definition) is 2. The van der Waals surface area contributed by atoms with Gasteiger partial charge in [0.15, 0.2) is 5.69 Å². The number of benzene rings is 1. The molecule has 0 radical (unpaired) electrons. The zero-order chi connectivity index (χ0) is 17.8. The van der Waals surface area contributed by atoms with Crippen LogP contribution in [-0.2, 0) is 0 Å². The van der Waals surface area contributed by atoms with Crippen LogP contribution in [0.25, 0.3) is 0 Å². The SMILES string of the molecule is COc1ccc(Cl)cc1NC(=O)c1coc(NC(=O)c2cccs2)n1. The molecule has 0 fully saturated rings. The Labute approximate surface area is 151 Å². The molecular weight excluding hydrogens is 366 g/mol. The number of oxazole rings is 1. The highest BCUT2D eigenvalue weighted by Gasteiger charge is 2.17. The summed E-state index contributed by atoms with van der Waals surface area (Å²) in [7, 11) is 1.48. The summed E-state index contributed by atoms with van der Waals surface area (Å²) in [5.41, 5.74) is 0.399. The number of amides is 2. The number of aromatic nitrogens is 1. The second kappa shape index (κ2) is 7.37. The molecule has 0 bridgehead atoms. The number of rotatable bonds is 5. The molecule has 2 aromatic heterocycles. The summed E-state index contributed by atoms with van der Waals surface area (Å²) in [4.78, 5) is 28.7. The van der Waals surface area contributed by atoms with Gasteiger partial charge in [0.1, 0.15) is 12.0 Å². The Morgan fingerprint density at radius 2 is 2.08 bits per heavy atom. The van der Waals surface area contributed by atoms with Crippen molar-refractivity contribution >= 4 is 46.5 Å². The van der Waals surface area contributed by atoms with E-state index in [2.05, 4.69) is 15.6 Å². The van der Waals surface area contributed by atoms with E-state index in [4.69, 9.17) is 20.8 Å². The van der Waals surface area contributed by atoms with E-state index in [0.717, 1.165) is 6.26 Å². The van der Waals surface area contributed by atoms with Gasteiger partial charge in [0.05, 0.1) is 17.7 Å². The lowest BCUT2D eigenvalue weighted by Crippen LogP contribution is -2.14. The number of carbonyl (C=O) groups excluding carboxylic acids is 2. The van der Waals surface area contributed by atoms with E-state index in [1.54, 1.807) is 35.7 Å². The molecule has 9 heteroatoms. The van der Waals surface area contributed by atoms with Gasteiger partial charge in [-0.05, 0) is 29.6 Å². The Kier molecular flexibility index (Phi) is 5.01. The molecule has 0 atom stereocenters. The van der Waals surface area contributed by atoms with Gasteiger partial charge < -0.3 is 14.5 Å². The second-order valence-corrected chi connectivity index (χ2v) is 6.15. The number of ether oxygens (including phenoxy) is 1.